The van der Waals surface area contributed by atoms with Crippen LogP contribution in [0.1, 0.15) is 64.2 Å². The van der Waals surface area contributed by atoms with E-state index in [4.69, 9.17) is 9.84 Å². The Hall–Kier alpha value is -2.75. The monoisotopic (exact) mass is 394 g/mol. The summed E-state index contributed by atoms with van der Waals surface area (Å²) in [7, 11) is 0. The second-order valence-electron chi connectivity index (χ2n) is 9.04. The van der Waals surface area contributed by atoms with Gasteiger partial charge in [-0.1, -0.05) is 33.8 Å². The molecule has 154 valence electrons. The average molecular weight is 395 g/mol. The quantitative estimate of drug-likeness (QED) is 0.619. The van der Waals surface area contributed by atoms with Crippen molar-refractivity contribution in [2.45, 2.75) is 58.3 Å². The predicted octanol–water partition coefficient (Wildman–Crippen LogP) is 5.90. The van der Waals surface area contributed by atoms with Crippen molar-refractivity contribution in [3.63, 3.8) is 0 Å². The molecule has 0 aliphatic heterocycles. The number of ether oxygens (including phenoxy) is 1. The third kappa shape index (κ3) is 4.16. The van der Waals surface area contributed by atoms with Crippen molar-refractivity contribution in [1.29, 1.82) is 0 Å². The van der Waals surface area contributed by atoms with Gasteiger partial charge in [0.25, 0.3) is 0 Å². The fourth-order valence-electron chi connectivity index (χ4n) is 4.12. The van der Waals surface area contributed by atoms with Crippen LogP contribution < -0.4 is 4.74 Å². The van der Waals surface area contributed by atoms with Gasteiger partial charge in [0.15, 0.2) is 0 Å². The summed E-state index contributed by atoms with van der Waals surface area (Å²) in [4.78, 5) is 10.9. The van der Waals surface area contributed by atoms with Gasteiger partial charge >= 0.3 is 5.97 Å². The number of phenolic OH excluding ortho intramolecular Hbond substituents is 1. The molecule has 1 aliphatic rings. The van der Waals surface area contributed by atoms with Crippen LogP contribution >= 0.6 is 0 Å². The maximum Gasteiger partial charge on any atom is 0.328 e. The molecular weight excluding hydrogens is 364 g/mol. The number of carboxylic acid groups (broad SMARTS) is 1. The highest BCUT2D eigenvalue weighted by Gasteiger charge is 2.38. The first-order valence-corrected chi connectivity index (χ1v) is 10.1. The van der Waals surface area contributed by atoms with E-state index in [1.807, 2.05) is 6.92 Å². The van der Waals surface area contributed by atoms with Crippen LogP contribution in [0.15, 0.2) is 36.4 Å². The van der Waals surface area contributed by atoms with Crippen LogP contribution in [0.25, 0.3) is 17.2 Å². The number of rotatable bonds is 5. The first-order chi connectivity index (χ1) is 13.5. The number of carboxylic acids is 1. The van der Waals surface area contributed by atoms with Crippen molar-refractivity contribution >= 4 is 12.0 Å². The Kier molecular flexibility index (Phi) is 5.48. The third-order valence-electron chi connectivity index (χ3n) is 5.98. The molecular formula is C25H30O4. The molecule has 0 spiro atoms. The van der Waals surface area contributed by atoms with Gasteiger partial charge in [0.1, 0.15) is 11.5 Å². The fraction of sp³-hybridized carbons (Fsp3) is 0.400. The minimum atomic E-state index is -1.01. The Morgan fingerprint density at radius 2 is 1.66 bits per heavy atom. The summed E-state index contributed by atoms with van der Waals surface area (Å²) in [6.07, 6.45) is 4.82. The lowest BCUT2D eigenvalue weighted by atomic mass is 9.62. The van der Waals surface area contributed by atoms with Gasteiger partial charge < -0.3 is 14.9 Å². The Balaban J connectivity index is 2.24. The lowest BCUT2D eigenvalue weighted by molar-refractivity contribution is -0.131. The molecule has 0 aromatic heterocycles. The number of hydrogen-bond acceptors (Lipinski definition) is 3. The molecule has 0 radical (unpaired) electrons. The lowest BCUT2D eigenvalue weighted by Crippen LogP contribution is -2.33. The van der Waals surface area contributed by atoms with Crippen LogP contribution in [-0.4, -0.2) is 22.8 Å². The second-order valence-corrected chi connectivity index (χ2v) is 9.04. The minimum Gasteiger partial charge on any atom is -0.507 e. The van der Waals surface area contributed by atoms with Gasteiger partial charge in [0.2, 0.25) is 0 Å². The summed E-state index contributed by atoms with van der Waals surface area (Å²) < 4.78 is 5.99. The molecule has 0 saturated heterocycles. The summed E-state index contributed by atoms with van der Waals surface area (Å²) >= 11 is 0. The van der Waals surface area contributed by atoms with Gasteiger partial charge in [0.05, 0.1) is 6.61 Å². The first kappa shape index (κ1) is 21.0. The zero-order valence-corrected chi connectivity index (χ0v) is 17.9. The molecule has 0 atom stereocenters. The molecule has 4 heteroatoms. The molecule has 1 aliphatic carbocycles. The number of aliphatic carboxylic acids is 1. The number of aromatic hydroxyl groups is 1. The number of carbonyl (C=O) groups is 1. The van der Waals surface area contributed by atoms with Crippen molar-refractivity contribution in [2.75, 3.05) is 6.61 Å². The van der Waals surface area contributed by atoms with Gasteiger partial charge in [0, 0.05) is 17.2 Å². The summed E-state index contributed by atoms with van der Waals surface area (Å²) in [5.74, 6) is -0.120. The van der Waals surface area contributed by atoms with Gasteiger partial charge in [-0.2, -0.15) is 0 Å². The summed E-state index contributed by atoms with van der Waals surface area (Å²) in [6.45, 7) is 11.5. The van der Waals surface area contributed by atoms with Crippen LogP contribution in [0.2, 0.25) is 0 Å². The van der Waals surface area contributed by atoms with Crippen LogP contribution in [0.3, 0.4) is 0 Å². The van der Waals surface area contributed by atoms with E-state index in [2.05, 4.69) is 39.8 Å². The zero-order valence-electron chi connectivity index (χ0n) is 17.9. The molecule has 0 unspecified atom stereocenters. The van der Waals surface area contributed by atoms with Gasteiger partial charge in [-0.05, 0) is 77.6 Å². The van der Waals surface area contributed by atoms with Crippen molar-refractivity contribution in [1.82, 2.24) is 0 Å². The van der Waals surface area contributed by atoms with Crippen LogP contribution in [-0.2, 0) is 15.6 Å². The molecule has 2 N–H and O–H groups in total. The van der Waals surface area contributed by atoms with Gasteiger partial charge in [-0.15, -0.1) is 0 Å². The molecule has 3 rings (SSSR count). The minimum absolute atomic E-state index is 0.0286. The SMILES string of the molecule is CCOc1cc2c(cc1-c1cc(/C=C/C(=O)O)ccc1O)C(C)(C)CCC2(C)C. The van der Waals surface area contributed by atoms with Crippen LogP contribution in [0.4, 0.5) is 0 Å². The van der Waals surface area contributed by atoms with Gasteiger partial charge in [-0.25, -0.2) is 4.79 Å². The maximum atomic E-state index is 10.9. The average Bonchev–Trinajstić information content (AvgIpc) is 2.65. The topological polar surface area (TPSA) is 66.8 Å². The van der Waals surface area contributed by atoms with E-state index in [-0.39, 0.29) is 16.6 Å². The lowest BCUT2D eigenvalue weighted by Gasteiger charge is -2.42. The normalized spacial score (nSPS) is 17.1. The van der Waals surface area contributed by atoms with E-state index in [0.717, 1.165) is 30.2 Å². The summed E-state index contributed by atoms with van der Waals surface area (Å²) in [5.41, 5.74) is 4.84. The molecule has 0 fully saturated rings. The molecule has 29 heavy (non-hydrogen) atoms. The van der Waals surface area contributed by atoms with Crippen molar-refractivity contribution in [2.24, 2.45) is 0 Å². The number of benzene rings is 2. The molecule has 4 nitrogen and oxygen atoms in total. The van der Waals surface area contributed by atoms with Crippen LogP contribution in [0, 0.1) is 0 Å². The molecule has 0 heterocycles. The predicted molar refractivity (Wildman–Crippen MR) is 117 cm³/mol. The maximum absolute atomic E-state index is 10.9. The number of phenols is 1. The number of hydrogen-bond donors (Lipinski definition) is 2. The molecule has 2 aromatic carbocycles. The fourth-order valence-corrected chi connectivity index (χ4v) is 4.12. The third-order valence-corrected chi connectivity index (χ3v) is 5.98. The van der Waals surface area contributed by atoms with E-state index >= 15 is 0 Å². The van der Waals surface area contributed by atoms with Gasteiger partial charge in [-0.3, -0.25) is 0 Å². The van der Waals surface area contributed by atoms with Crippen molar-refractivity contribution in [3.05, 3.63) is 53.1 Å². The highest BCUT2D eigenvalue weighted by Crippen LogP contribution is 2.50. The Bertz CT molecular complexity index is 967. The van der Waals surface area contributed by atoms with E-state index in [0.29, 0.717) is 17.7 Å². The summed E-state index contributed by atoms with van der Waals surface area (Å²) in [5, 5.41) is 19.5. The molecule has 0 bridgehead atoms. The van der Waals surface area contributed by atoms with Crippen molar-refractivity contribution < 1.29 is 19.7 Å². The second kappa shape index (κ2) is 7.58. The zero-order chi connectivity index (χ0) is 21.4. The van der Waals surface area contributed by atoms with E-state index in [1.165, 1.54) is 17.2 Å². The largest absolute Gasteiger partial charge is 0.507 e. The molecule has 0 saturated carbocycles. The van der Waals surface area contributed by atoms with E-state index in [1.54, 1.807) is 18.2 Å². The number of fused-ring (bicyclic) bond motifs is 1. The Labute approximate surface area is 172 Å². The standard InChI is InChI=1S/C25H30O4/c1-6-29-22-15-20-19(24(2,3)11-12-25(20,4)5)14-18(22)17-13-16(7-9-21(17)26)8-10-23(27)28/h7-10,13-15,26H,6,11-12H2,1-5H3,(H,27,28)/b10-8+. The smallest absolute Gasteiger partial charge is 0.328 e. The highest BCUT2D eigenvalue weighted by atomic mass is 16.5. The van der Waals surface area contributed by atoms with Crippen molar-refractivity contribution in [3.8, 4) is 22.6 Å². The van der Waals surface area contributed by atoms with E-state index in [9.17, 15) is 9.90 Å². The molecule has 0 amide bonds. The Morgan fingerprint density at radius 3 is 2.24 bits per heavy atom. The van der Waals surface area contributed by atoms with E-state index < -0.39 is 5.97 Å². The molecule has 2 aromatic rings. The van der Waals surface area contributed by atoms with Crippen LogP contribution in [0.5, 0.6) is 11.5 Å². The summed E-state index contributed by atoms with van der Waals surface area (Å²) in [6, 6.07) is 9.39. The highest BCUT2D eigenvalue weighted by molar-refractivity contribution is 5.86. The Morgan fingerprint density at radius 1 is 1.03 bits per heavy atom. The first-order valence-electron chi connectivity index (χ1n) is 10.1.